The average Bonchev–Trinajstić information content (AvgIpc) is 2.03. The summed E-state index contributed by atoms with van der Waals surface area (Å²) in [6, 6.07) is 0.341. The summed E-state index contributed by atoms with van der Waals surface area (Å²) in [7, 11) is 0. The molecular formula is C12H25NO. The number of amides is 1. The molecule has 1 unspecified atom stereocenters. The number of hydrogen-bond acceptors (Lipinski definition) is 1. The Kier molecular flexibility index (Phi) is 5.82. The zero-order chi connectivity index (χ0) is 11.2. The molecule has 1 atom stereocenters. The van der Waals surface area contributed by atoms with E-state index in [1.807, 2.05) is 13.8 Å². The molecule has 1 aliphatic rings. The maximum Gasteiger partial charge on any atom is 0.217 e. The molecule has 1 saturated carbocycles. The van der Waals surface area contributed by atoms with Crippen LogP contribution in [0.25, 0.3) is 0 Å². The Morgan fingerprint density at radius 2 is 1.93 bits per heavy atom. The summed E-state index contributed by atoms with van der Waals surface area (Å²) in [5.41, 5.74) is 0.516. The molecule has 84 valence electrons. The molecule has 1 amide bonds. The summed E-state index contributed by atoms with van der Waals surface area (Å²) in [6.07, 6.45) is 5.16. The summed E-state index contributed by atoms with van der Waals surface area (Å²) in [5, 5.41) is 2.93. The van der Waals surface area contributed by atoms with Crippen LogP contribution >= 0.6 is 0 Å². The van der Waals surface area contributed by atoms with Gasteiger partial charge >= 0.3 is 0 Å². The van der Waals surface area contributed by atoms with Crippen LogP contribution in [0.3, 0.4) is 0 Å². The van der Waals surface area contributed by atoms with E-state index < -0.39 is 0 Å². The molecule has 0 aromatic rings. The number of rotatable bonds is 3. The highest BCUT2D eigenvalue weighted by atomic mass is 16.1. The van der Waals surface area contributed by atoms with E-state index >= 15 is 0 Å². The molecular weight excluding hydrogens is 174 g/mol. The highest BCUT2D eigenvalue weighted by Gasteiger charge is 2.32. The summed E-state index contributed by atoms with van der Waals surface area (Å²) in [6.45, 7) is 9.99. The van der Waals surface area contributed by atoms with Crippen LogP contribution in [0, 0.1) is 5.41 Å². The minimum absolute atomic E-state index is 0.0884. The highest BCUT2D eigenvalue weighted by Crippen LogP contribution is 2.43. The quantitative estimate of drug-likeness (QED) is 0.743. The monoisotopic (exact) mass is 199 g/mol. The van der Waals surface area contributed by atoms with E-state index in [1.54, 1.807) is 6.92 Å². The van der Waals surface area contributed by atoms with Gasteiger partial charge in [0.1, 0.15) is 0 Å². The van der Waals surface area contributed by atoms with Crippen molar-refractivity contribution in [1.29, 1.82) is 0 Å². The van der Waals surface area contributed by atoms with Crippen LogP contribution in [0.15, 0.2) is 0 Å². The molecule has 0 spiro atoms. The Balaban J connectivity index is 0.000000791. The third-order valence-corrected chi connectivity index (χ3v) is 2.81. The molecule has 1 rings (SSSR count). The second-order valence-electron chi connectivity index (χ2n) is 4.47. The first kappa shape index (κ1) is 13.5. The summed E-state index contributed by atoms with van der Waals surface area (Å²) in [4.78, 5) is 10.7. The third-order valence-electron chi connectivity index (χ3n) is 2.81. The number of carbonyl (C=O) groups is 1. The van der Waals surface area contributed by atoms with Gasteiger partial charge in [0.2, 0.25) is 5.91 Å². The van der Waals surface area contributed by atoms with Crippen LogP contribution in [0.1, 0.15) is 60.3 Å². The van der Waals surface area contributed by atoms with E-state index in [0.29, 0.717) is 11.5 Å². The van der Waals surface area contributed by atoms with Gasteiger partial charge < -0.3 is 5.32 Å². The van der Waals surface area contributed by atoms with E-state index in [2.05, 4.69) is 19.2 Å². The van der Waals surface area contributed by atoms with Gasteiger partial charge in [-0.2, -0.15) is 0 Å². The Hall–Kier alpha value is -0.530. The van der Waals surface area contributed by atoms with Crippen molar-refractivity contribution < 1.29 is 4.79 Å². The van der Waals surface area contributed by atoms with Gasteiger partial charge in [0.15, 0.2) is 0 Å². The van der Waals surface area contributed by atoms with Crippen LogP contribution in [0.4, 0.5) is 0 Å². The Morgan fingerprint density at radius 1 is 1.43 bits per heavy atom. The van der Waals surface area contributed by atoms with Crippen molar-refractivity contribution in [3.05, 3.63) is 0 Å². The highest BCUT2D eigenvalue weighted by molar-refractivity contribution is 5.73. The molecule has 1 aliphatic carbocycles. The molecule has 0 bridgehead atoms. The molecule has 2 nitrogen and oxygen atoms in total. The van der Waals surface area contributed by atoms with Gasteiger partial charge in [-0.25, -0.2) is 0 Å². The fourth-order valence-corrected chi connectivity index (χ4v) is 2.12. The maximum absolute atomic E-state index is 10.7. The zero-order valence-electron chi connectivity index (χ0n) is 10.3. The summed E-state index contributed by atoms with van der Waals surface area (Å²) >= 11 is 0. The molecule has 0 radical (unpaired) electrons. The van der Waals surface area contributed by atoms with Crippen LogP contribution in [-0.2, 0) is 4.79 Å². The smallest absolute Gasteiger partial charge is 0.217 e. The number of carbonyl (C=O) groups excluding carboxylic acids is 1. The van der Waals surface area contributed by atoms with E-state index in [0.717, 1.165) is 6.42 Å². The fraction of sp³-hybridized carbons (Fsp3) is 0.917. The molecule has 0 saturated heterocycles. The summed E-state index contributed by atoms with van der Waals surface area (Å²) < 4.78 is 0. The molecule has 0 heterocycles. The molecule has 0 aromatic carbocycles. The Labute approximate surface area is 88.5 Å². The van der Waals surface area contributed by atoms with Crippen molar-refractivity contribution in [2.45, 2.75) is 66.3 Å². The second kappa shape index (κ2) is 6.05. The Morgan fingerprint density at radius 3 is 2.21 bits per heavy atom. The van der Waals surface area contributed by atoms with Crippen LogP contribution in [0.5, 0.6) is 0 Å². The van der Waals surface area contributed by atoms with Crippen LogP contribution < -0.4 is 5.32 Å². The first-order valence-electron chi connectivity index (χ1n) is 5.79. The van der Waals surface area contributed by atoms with Gasteiger partial charge in [-0.3, -0.25) is 4.79 Å². The van der Waals surface area contributed by atoms with E-state index in [9.17, 15) is 4.79 Å². The normalized spacial score (nSPS) is 19.8. The topological polar surface area (TPSA) is 29.1 Å². The molecule has 0 aliphatic heterocycles. The lowest BCUT2D eigenvalue weighted by Gasteiger charge is -2.40. The molecule has 1 fully saturated rings. The number of hydrogen-bond donors (Lipinski definition) is 1. The summed E-state index contributed by atoms with van der Waals surface area (Å²) in [5.74, 6) is 0.0884. The lowest BCUT2D eigenvalue weighted by molar-refractivity contribution is -0.119. The zero-order valence-corrected chi connectivity index (χ0v) is 10.3. The minimum Gasteiger partial charge on any atom is -0.354 e. The standard InChI is InChI=1S/C10H19NO.C2H6/c1-8(11-9(2)12)7-10(3)5-4-6-10;1-2/h8H,4-7H2,1-3H3,(H,11,12);1-2H3. The number of nitrogens with one attached hydrogen (secondary N) is 1. The van der Waals surface area contributed by atoms with Crippen molar-refractivity contribution in [3.8, 4) is 0 Å². The molecule has 1 N–H and O–H groups in total. The van der Waals surface area contributed by atoms with Crippen molar-refractivity contribution in [2.75, 3.05) is 0 Å². The van der Waals surface area contributed by atoms with Gasteiger partial charge in [-0.1, -0.05) is 27.2 Å². The van der Waals surface area contributed by atoms with Crippen molar-refractivity contribution in [3.63, 3.8) is 0 Å². The molecule has 2 heteroatoms. The van der Waals surface area contributed by atoms with Crippen molar-refractivity contribution in [2.24, 2.45) is 5.41 Å². The molecule has 0 aromatic heterocycles. The lowest BCUT2D eigenvalue weighted by atomic mass is 9.67. The van der Waals surface area contributed by atoms with Crippen molar-refractivity contribution >= 4 is 5.91 Å². The van der Waals surface area contributed by atoms with Crippen LogP contribution in [0.2, 0.25) is 0 Å². The van der Waals surface area contributed by atoms with Gasteiger partial charge in [-0.05, 0) is 31.6 Å². The van der Waals surface area contributed by atoms with Crippen LogP contribution in [-0.4, -0.2) is 11.9 Å². The van der Waals surface area contributed by atoms with E-state index in [-0.39, 0.29) is 5.91 Å². The SMILES string of the molecule is CC.CC(=O)NC(C)CC1(C)CCC1. The third kappa shape index (κ3) is 4.64. The van der Waals surface area contributed by atoms with E-state index in [1.165, 1.54) is 19.3 Å². The van der Waals surface area contributed by atoms with Crippen molar-refractivity contribution in [1.82, 2.24) is 5.32 Å². The van der Waals surface area contributed by atoms with Gasteiger partial charge in [0.05, 0.1) is 0 Å². The largest absolute Gasteiger partial charge is 0.354 e. The average molecular weight is 199 g/mol. The van der Waals surface area contributed by atoms with Gasteiger partial charge in [0, 0.05) is 13.0 Å². The fourth-order valence-electron chi connectivity index (χ4n) is 2.12. The maximum atomic E-state index is 10.7. The second-order valence-corrected chi connectivity index (χ2v) is 4.47. The molecule has 14 heavy (non-hydrogen) atoms. The lowest BCUT2D eigenvalue weighted by Crippen LogP contribution is -2.38. The van der Waals surface area contributed by atoms with Gasteiger partial charge in [-0.15, -0.1) is 0 Å². The predicted octanol–water partition coefficient (Wildman–Crippen LogP) is 3.12. The van der Waals surface area contributed by atoms with E-state index in [4.69, 9.17) is 0 Å². The first-order valence-corrected chi connectivity index (χ1v) is 5.79. The Bertz CT molecular complexity index is 173. The predicted molar refractivity (Wildman–Crippen MR) is 61.2 cm³/mol. The van der Waals surface area contributed by atoms with Gasteiger partial charge in [0.25, 0.3) is 0 Å². The minimum atomic E-state index is 0.0884. The first-order chi connectivity index (χ1) is 6.52.